The molecule has 0 aliphatic heterocycles. The van der Waals surface area contributed by atoms with Gasteiger partial charge in [0.15, 0.2) is 0 Å². The fourth-order valence-corrected chi connectivity index (χ4v) is 1.43. The van der Waals surface area contributed by atoms with Gasteiger partial charge in [-0.15, -0.1) is 10.3 Å². The van der Waals surface area contributed by atoms with Crippen LogP contribution in [0.3, 0.4) is 0 Å². The van der Waals surface area contributed by atoms with Crippen LogP contribution < -0.4 is 0 Å². The van der Waals surface area contributed by atoms with E-state index in [9.17, 15) is 8.78 Å². The molecule has 0 unspecified atom stereocenters. The zero-order chi connectivity index (χ0) is 14.9. The molecule has 0 aliphatic rings. The molecule has 2 aromatic rings. The molecule has 0 radical (unpaired) electrons. The lowest BCUT2D eigenvalue weighted by molar-refractivity contribution is 0.241. The largest absolute Gasteiger partial charge is 0.620 e. The molecule has 0 bridgehead atoms. The third kappa shape index (κ3) is 4.72. The van der Waals surface area contributed by atoms with E-state index in [1.807, 2.05) is 0 Å². The van der Waals surface area contributed by atoms with E-state index < -0.39 is 11.6 Å². The van der Waals surface area contributed by atoms with Crippen LogP contribution in [0.4, 0.5) is 8.78 Å². The molecule has 4 nitrogen and oxygen atoms in total. The molecule has 0 saturated heterocycles. The molecular formula is C14H11BF2N2O2. The maximum Gasteiger partial charge on any atom is 0.620 e. The molecule has 0 saturated carbocycles. The van der Waals surface area contributed by atoms with Crippen LogP contribution in [0.2, 0.25) is 0 Å². The van der Waals surface area contributed by atoms with E-state index in [4.69, 9.17) is 9.51 Å². The Labute approximate surface area is 121 Å². The van der Waals surface area contributed by atoms with Crippen LogP contribution >= 0.6 is 0 Å². The zero-order valence-corrected chi connectivity index (χ0v) is 10.9. The van der Waals surface area contributed by atoms with Gasteiger partial charge in [-0.25, -0.2) is 8.78 Å². The predicted octanol–water partition coefficient (Wildman–Crippen LogP) is 2.63. The van der Waals surface area contributed by atoms with Gasteiger partial charge in [-0.3, -0.25) is 0 Å². The Morgan fingerprint density at radius 1 is 0.762 bits per heavy atom. The molecule has 0 aromatic heterocycles. The topological polar surface area (TPSA) is 43.2 Å². The molecule has 0 spiro atoms. The zero-order valence-electron chi connectivity index (χ0n) is 10.9. The third-order valence-electron chi connectivity index (χ3n) is 2.45. The van der Waals surface area contributed by atoms with E-state index in [1.54, 1.807) is 36.4 Å². The minimum atomic E-state index is -0.400. The van der Waals surface area contributed by atoms with E-state index >= 15 is 0 Å². The Kier molecular flexibility index (Phi) is 5.45. The third-order valence-corrected chi connectivity index (χ3v) is 2.45. The Morgan fingerprint density at radius 3 is 1.62 bits per heavy atom. The van der Waals surface area contributed by atoms with Gasteiger partial charge < -0.3 is 9.51 Å². The van der Waals surface area contributed by atoms with E-state index in [-0.39, 0.29) is 7.69 Å². The second kappa shape index (κ2) is 7.79. The first-order valence-electron chi connectivity index (χ1n) is 6.07. The van der Waals surface area contributed by atoms with Crippen molar-refractivity contribution in [3.8, 4) is 0 Å². The first kappa shape index (κ1) is 14.7. The lowest BCUT2D eigenvalue weighted by Crippen LogP contribution is -1.97. The van der Waals surface area contributed by atoms with Crippen LogP contribution in [0, 0.1) is 11.6 Å². The predicted molar refractivity (Wildman–Crippen MR) is 77.3 cm³/mol. The number of benzene rings is 2. The number of hydrogen-bond acceptors (Lipinski definition) is 4. The van der Waals surface area contributed by atoms with Crippen molar-refractivity contribution in [3.05, 3.63) is 71.3 Å². The summed E-state index contributed by atoms with van der Waals surface area (Å²) in [5, 5.41) is 7.05. The number of rotatable bonds is 6. The Bertz CT molecular complexity index is 595. The summed E-state index contributed by atoms with van der Waals surface area (Å²) in [5.41, 5.74) is 0.597. The van der Waals surface area contributed by atoms with Gasteiger partial charge in [0.1, 0.15) is 11.6 Å². The first-order valence-corrected chi connectivity index (χ1v) is 6.07. The van der Waals surface area contributed by atoms with Crippen molar-refractivity contribution >= 4 is 20.1 Å². The summed E-state index contributed by atoms with van der Waals surface area (Å²) in [5.74, 6) is -0.799. The lowest BCUT2D eigenvalue weighted by Gasteiger charge is -1.97. The van der Waals surface area contributed by atoms with Crippen LogP contribution in [0.1, 0.15) is 11.1 Å². The van der Waals surface area contributed by atoms with Gasteiger partial charge in [-0.1, -0.05) is 36.4 Å². The number of nitrogens with zero attached hydrogens (tertiary/aromatic N) is 2. The van der Waals surface area contributed by atoms with E-state index in [0.29, 0.717) is 11.1 Å². The highest BCUT2D eigenvalue weighted by atomic mass is 19.1. The fourth-order valence-electron chi connectivity index (χ4n) is 1.43. The number of oxime groups is 2. The van der Waals surface area contributed by atoms with Gasteiger partial charge in [-0.05, 0) is 12.1 Å². The maximum absolute atomic E-state index is 13.2. The Balaban J connectivity index is 1.73. The van der Waals surface area contributed by atoms with Gasteiger partial charge in [0.05, 0.1) is 12.4 Å². The molecule has 2 aromatic carbocycles. The van der Waals surface area contributed by atoms with Gasteiger partial charge in [0.25, 0.3) is 0 Å². The van der Waals surface area contributed by atoms with Crippen LogP contribution in [0.5, 0.6) is 0 Å². The van der Waals surface area contributed by atoms with Gasteiger partial charge in [0.2, 0.25) is 0 Å². The van der Waals surface area contributed by atoms with Crippen molar-refractivity contribution in [1.82, 2.24) is 0 Å². The van der Waals surface area contributed by atoms with E-state index in [0.717, 1.165) is 0 Å². The number of halogens is 2. The summed E-state index contributed by atoms with van der Waals surface area (Å²) in [4.78, 5) is 0. The molecule has 106 valence electrons. The van der Waals surface area contributed by atoms with Crippen molar-refractivity contribution < 1.29 is 18.3 Å². The van der Waals surface area contributed by atoms with Crippen molar-refractivity contribution in [2.24, 2.45) is 10.3 Å². The Morgan fingerprint density at radius 2 is 1.19 bits per heavy atom. The highest BCUT2D eigenvalue weighted by Crippen LogP contribution is 2.03. The molecule has 0 atom stereocenters. The monoisotopic (exact) mass is 288 g/mol. The average Bonchev–Trinajstić information content (AvgIpc) is 2.50. The van der Waals surface area contributed by atoms with Crippen LogP contribution in [-0.2, 0) is 9.51 Å². The molecule has 0 aliphatic carbocycles. The summed E-state index contributed by atoms with van der Waals surface area (Å²) in [7, 11) is -0.268. The normalized spacial score (nSPS) is 11.0. The maximum atomic E-state index is 13.2. The molecule has 7 heteroatoms. The molecular weight excluding hydrogens is 277 g/mol. The SMILES string of the molecule is Fc1ccccc1C=NOBON=Cc1ccccc1F. The quantitative estimate of drug-likeness (QED) is 0.355. The van der Waals surface area contributed by atoms with E-state index in [1.165, 1.54) is 24.6 Å². The molecule has 0 N–H and O–H groups in total. The highest BCUT2D eigenvalue weighted by molar-refractivity contribution is 6.18. The van der Waals surface area contributed by atoms with E-state index in [2.05, 4.69) is 10.3 Å². The van der Waals surface area contributed by atoms with Crippen LogP contribution in [0.25, 0.3) is 0 Å². The summed E-state index contributed by atoms with van der Waals surface area (Å²) in [6.45, 7) is 0. The molecule has 0 fully saturated rings. The molecule has 2 rings (SSSR count). The summed E-state index contributed by atoms with van der Waals surface area (Å²) < 4.78 is 35.9. The molecule has 21 heavy (non-hydrogen) atoms. The average molecular weight is 288 g/mol. The smallest absolute Gasteiger partial charge is 0.421 e. The lowest BCUT2D eigenvalue weighted by atomic mass is 10.2. The minimum absolute atomic E-state index is 0.268. The van der Waals surface area contributed by atoms with Gasteiger partial charge in [0, 0.05) is 11.1 Å². The van der Waals surface area contributed by atoms with Crippen molar-refractivity contribution in [2.75, 3.05) is 0 Å². The summed E-state index contributed by atoms with van der Waals surface area (Å²) in [6.07, 6.45) is 2.44. The second-order valence-corrected chi connectivity index (χ2v) is 3.89. The molecule has 0 heterocycles. The van der Waals surface area contributed by atoms with Gasteiger partial charge >= 0.3 is 7.69 Å². The highest BCUT2D eigenvalue weighted by Gasteiger charge is 1.98. The van der Waals surface area contributed by atoms with Crippen molar-refractivity contribution in [3.63, 3.8) is 0 Å². The van der Waals surface area contributed by atoms with Crippen LogP contribution in [-0.4, -0.2) is 20.1 Å². The minimum Gasteiger partial charge on any atom is -0.421 e. The van der Waals surface area contributed by atoms with Crippen molar-refractivity contribution in [2.45, 2.75) is 0 Å². The standard InChI is InChI=1S/C14H11BF2N2O2/c16-13-7-3-1-5-11(13)9-18-20-15-21-19-10-12-6-2-4-8-14(12)17/h1-10,15H. The second-order valence-electron chi connectivity index (χ2n) is 3.89. The summed E-state index contributed by atoms with van der Waals surface area (Å²) >= 11 is 0. The Hall–Kier alpha value is -2.70. The first-order chi connectivity index (χ1) is 10.3. The fraction of sp³-hybridized carbons (Fsp3) is 0. The van der Waals surface area contributed by atoms with Gasteiger partial charge in [-0.2, -0.15) is 0 Å². The van der Waals surface area contributed by atoms with Crippen LogP contribution in [0.15, 0.2) is 58.8 Å². The summed E-state index contributed by atoms with van der Waals surface area (Å²) in [6, 6.07) is 12.3. The molecule has 0 amide bonds. The number of hydrogen-bond donors (Lipinski definition) is 0. The van der Waals surface area contributed by atoms with Crippen molar-refractivity contribution in [1.29, 1.82) is 0 Å².